The quantitative estimate of drug-likeness (QED) is 0.661. The molecule has 0 aliphatic carbocycles. The molecule has 0 saturated heterocycles. The third kappa shape index (κ3) is 2.87. The summed E-state index contributed by atoms with van der Waals surface area (Å²) in [5.41, 5.74) is 0.950. The number of methoxy groups -OCH3 is 4. The van der Waals surface area contributed by atoms with E-state index < -0.39 is 5.63 Å². The van der Waals surface area contributed by atoms with Crippen molar-refractivity contribution in [2.75, 3.05) is 28.4 Å². The zero-order chi connectivity index (χ0) is 18.0. The van der Waals surface area contributed by atoms with Crippen LogP contribution in [0.15, 0.2) is 45.6 Å². The van der Waals surface area contributed by atoms with Crippen molar-refractivity contribution in [1.29, 1.82) is 0 Å². The highest BCUT2D eigenvalue weighted by atomic mass is 16.5. The fourth-order valence-corrected chi connectivity index (χ4v) is 2.70. The van der Waals surface area contributed by atoms with Crippen LogP contribution in [0.25, 0.3) is 22.1 Å². The molecule has 0 amide bonds. The number of hydrogen-bond donors (Lipinski definition) is 0. The van der Waals surface area contributed by atoms with Gasteiger partial charge in [0.1, 0.15) is 0 Å². The van der Waals surface area contributed by atoms with E-state index in [4.69, 9.17) is 23.4 Å². The fourth-order valence-electron chi connectivity index (χ4n) is 2.70. The van der Waals surface area contributed by atoms with Gasteiger partial charge in [0.25, 0.3) is 0 Å². The molecular weight excluding hydrogens is 324 g/mol. The smallest absolute Gasteiger partial charge is 0.344 e. The van der Waals surface area contributed by atoms with E-state index in [0.29, 0.717) is 39.7 Å². The molecule has 0 N–H and O–H groups in total. The van der Waals surface area contributed by atoms with Gasteiger partial charge in [0.2, 0.25) is 5.75 Å². The maximum atomic E-state index is 12.5. The van der Waals surface area contributed by atoms with E-state index in [2.05, 4.69) is 0 Å². The second-order valence-corrected chi connectivity index (χ2v) is 5.24. The predicted octanol–water partition coefficient (Wildman–Crippen LogP) is 3.49. The van der Waals surface area contributed by atoms with Gasteiger partial charge in [-0.25, -0.2) is 4.79 Å². The van der Waals surface area contributed by atoms with Gasteiger partial charge in [-0.2, -0.15) is 0 Å². The molecule has 6 nitrogen and oxygen atoms in total. The first-order chi connectivity index (χ1) is 12.1. The van der Waals surface area contributed by atoms with Crippen LogP contribution in [-0.4, -0.2) is 28.4 Å². The van der Waals surface area contributed by atoms with Crippen LogP contribution in [0.3, 0.4) is 0 Å². The molecule has 0 aliphatic rings. The third-order valence-electron chi connectivity index (χ3n) is 3.94. The van der Waals surface area contributed by atoms with Crippen LogP contribution in [0.1, 0.15) is 0 Å². The van der Waals surface area contributed by atoms with E-state index in [0.717, 1.165) is 5.39 Å². The third-order valence-corrected chi connectivity index (χ3v) is 3.94. The van der Waals surface area contributed by atoms with Gasteiger partial charge in [0.05, 0.1) is 34.0 Å². The minimum absolute atomic E-state index is 0.344. The van der Waals surface area contributed by atoms with Crippen LogP contribution < -0.4 is 24.6 Å². The summed E-state index contributed by atoms with van der Waals surface area (Å²) in [4.78, 5) is 12.5. The Kier molecular flexibility index (Phi) is 4.52. The fraction of sp³-hybridized carbons (Fsp3) is 0.211. The zero-order valence-corrected chi connectivity index (χ0v) is 14.4. The highest BCUT2D eigenvalue weighted by Gasteiger charge is 2.16. The van der Waals surface area contributed by atoms with Gasteiger partial charge in [-0.05, 0) is 35.9 Å². The van der Waals surface area contributed by atoms with Crippen molar-refractivity contribution in [3.63, 3.8) is 0 Å². The van der Waals surface area contributed by atoms with E-state index in [1.54, 1.807) is 44.6 Å². The van der Waals surface area contributed by atoms with Crippen LogP contribution in [-0.2, 0) is 0 Å². The maximum absolute atomic E-state index is 12.5. The Balaban J connectivity index is 2.22. The highest BCUT2D eigenvalue weighted by Crippen LogP contribution is 2.37. The van der Waals surface area contributed by atoms with Crippen molar-refractivity contribution in [2.45, 2.75) is 0 Å². The molecule has 0 bridgehead atoms. The molecule has 0 atom stereocenters. The molecule has 6 heteroatoms. The Morgan fingerprint density at radius 3 is 2.08 bits per heavy atom. The monoisotopic (exact) mass is 342 g/mol. The highest BCUT2D eigenvalue weighted by molar-refractivity contribution is 5.88. The van der Waals surface area contributed by atoms with Crippen molar-refractivity contribution in [3.05, 3.63) is 46.8 Å². The van der Waals surface area contributed by atoms with Gasteiger partial charge in [0.15, 0.2) is 22.8 Å². The molecule has 0 spiro atoms. The van der Waals surface area contributed by atoms with E-state index in [-0.39, 0.29) is 0 Å². The normalized spacial score (nSPS) is 10.6. The van der Waals surface area contributed by atoms with Crippen LogP contribution in [0.5, 0.6) is 23.0 Å². The molecule has 3 rings (SSSR count). The summed E-state index contributed by atoms with van der Waals surface area (Å²) in [6, 6.07) is 10.6. The summed E-state index contributed by atoms with van der Waals surface area (Å²) < 4.78 is 26.6. The standard InChI is InChI=1S/C19H18O6/c1-21-14-7-5-11(10-16(14)23-3)13-9-12-6-8-15(22-2)18(24-4)17(12)25-19(13)20/h5-10H,1-4H3. The van der Waals surface area contributed by atoms with E-state index in [9.17, 15) is 4.79 Å². The summed E-state index contributed by atoms with van der Waals surface area (Å²) in [6.45, 7) is 0. The molecule has 1 aromatic heterocycles. The van der Waals surface area contributed by atoms with Gasteiger partial charge in [-0.15, -0.1) is 0 Å². The maximum Gasteiger partial charge on any atom is 0.344 e. The minimum Gasteiger partial charge on any atom is -0.493 e. The molecule has 0 saturated carbocycles. The predicted molar refractivity (Wildman–Crippen MR) is 94.1 cm³/mol. The van der Waals surface area contributed by atoms with Gasteiger partial charge in [0, 0.05) is 5.39 Å². The van der Waals surface area contributed by atoms with Crippen molar-refractivity contribution in [3.8, 4) is 34.1 Å². The Morgan fingerprint density at radius 1 is 0.760 bits per heavy atom. The first kappa shape index (κ1) is 16.7. The van der Waals surface area contributed by atoms with Crippen molar-refractivity contribution in [2.24, 2.45) is 0 Å². The summed E-state index contributed by atoms with van der Waals surface area (Å²) in [5.74, 6) is 2.00. The zero-order valence-electron chi connectivity index (χ0n) is 14.4. The second kappa shape index (κ2) is 6.76. The molecule has 2 aromatic carbocycles. The summed E-state index contributed by atoms with van der Waals surface area (Å²) in [5, 5.41) is 0.724. The van der Waals surface area contributed by atoms with E-state index >= 15 is 0 Å². The van der Waals surface area contributed by atoms with E-state index in [1.165, 1.54) is 14.2 Å². The molecule has 1 heterocycles. The number of benzene rings is 2. The molecule has 0 radical (unpaired) electrons. The van der Waals surface area contributed by atoms with Crippen molar-refractivity contribution < 1.29 is 23.4 Å². The van der Waals surface area contributed by atoms with Gasteiger partial charge < -0.3 is 23.4 Å². The second-order valence-electron chi connectivity index (χ2n) is 5.24. The Labute approximate surface area is 144 Å². The molecule has 0 fully saturated rings. The topological polar surface area (TPSA) is 67.1 Å². The summed E-state index contributed by atoms with van der Waals surface area (Å²) >= 11 is 0. The lowest BCUT2D eigenvalue weighted by molar-refractivity contribution is 0.352. The van der Waals surface area contributed by atoms with Crippen LogP contribution >= 0.6 is 0 Å². The first-order valence-electron chi connectivity index (χ1n) is 7.54. The van der Waals surface area contributed by atoms with E-state index in [1.807, 2.05) is 6.07 Å². The lowest BCUT2D eigenvalue weighted by Crippen LogP contribution is -2.04. The van der Waals surface area contributed by atoms with Gasteiger partial charge in [-0.1, -0.05) is 6.07 Å². The lowest BCUT2D eigenvalue weighted by Gasteiger charge is -2.11. The van der Waals surface area contributed by atoms with Gasteiger partial charge >= 0.3 is 5.63 Å². The molecule has 0 aliphatic heterocycles. The number of hydrogen-bond acceptors (Lipinski definition) is 6. The average Bonchev–Trinajstić information content (AvgIpc) is 2.65. The first-order valence-corrected chi connectivity index (χ1v) is 7.54. The Bertz CT molecular complexity index is 974. The van der Waals surface area contributed by atoms with Crippen LogP contribution in [0.2, 0.25) is 0 Å². The molecule has 3 aromatic rings. The molecule has 0 unspecified atom stereocenters. The average molecular weight is 342 g/mol. The van der Waals surface area contributed by atoms with Crippen molar-refractivity contribution in [1.82, 2.24) is 0 Å². The lowest BCUT2D eigenvalue weighted by atomic mass is 10.0. The number of ether oxygens (including phenoxy) is 4. The molecule has 25 heavy (non-hydrogen) atoms. The Hall–Kier alpha value is -3.15. The SMILES string of the molecule is COc1ccc(-c2cc3ccc(OC)c(OC)c3oc2=O)cc1OC. The number of fused-ring (bicyclic) bond motifs is 1. The van der Waals surface area contributed by atoms with Crippen LogP contribution in [0, 0.1) is 0 Å². The largest absolute Gasteiger partial charge is 0.493 e. The summed E-state index contributed by atoms with van der Waals surface area (Å²) in [6.07, 6.45) is 0. The minimum atomic E-state index is -0.480. The van der Waals surface area contributed by atoms with Gasteiger partial charge in [-0.3, -0.25) is 0 Å². The molecule has 130 valence electrons. The number of rotatable bonds is 5. The van der Waals surface area contributed by atoms with Crippen molar-refractivity contribution >= 4 is 11.0 Å². The van der Waals surface area contributed by atoms with Crippen LogP contribution in [0.4, 0.5) is 0 Å². The summed E-state index contributed by atoms with van der Waals surface area (Å²) in [7, 11) is 6.13. The Morgan fingerprint density at radius 2 is 1.44 bits per heavy atom. The molecular formula is C19H18O6.